The van der Waals surface area contributed by atoms with Crippen LogP contribution < -0.4 is 0 Å². The van der Waals surface area contributed by atoms with Gasteiger partial charge in [-0.2, -0.15) is 0 Å². The van der Waals surface area contributed by atoms with Crippen LogP contribution >= 0.6 is 27.7 Å². The van der Waals surface area contributed by atoms with E-state index in [1.807, 2.05) is 0 Å². The largest absolute Gasteiger partial charge is 0.501 e. The fraction of sp³-hybridized carbons (Fsp3) is 0.0833. The summed E-state index contributed by atoms with van der Waals surface area (Å²) in [7, 11) is 0. The lowest BCUT2D eigenvalue weighted by Crippen LogP contribution is -1.97. The third-order valence-electron chi connectivity index (χ3n) is 2.48. The third-order valence-corrected chi connectivity index (χ3v) is 3.93. The van der Waals surface area contributed by atoms with E-state index in [0.29, 0.717) is 11.8 Å². The number of hydrogen-bond donors (Lipinski definition) is 2. The Balaban J connectivity index is 2.43. The second kappa shape index (κ2) is 6.79. The number of nitro groups is 1. The SMILES string of the molecule is Cc1nnc(S/C(=C\c2cc(Br)c(O)c([N+](=O)[O-])c2)C(=O)O)o1. The lowest BCUT2D eigenvalue weighted by molar-refractivity contribution is -0.386. The molecule has 0 radical (unpaired) electrons. The second-order valence-corrected chi connectivity index (χ2v) is 5.98. The molecule has 0 aliphatic rings. The molecule has 11 heteroatoms. The second-order valence-electron chi connectivity index (χ2n) is 4.13. The fourth-order valence-corrected chi connectivity index (χ4v) is 2.71. The average molecular weight is 402 g/mol. The summed E-state index contributed by atoms with van der Waals surface area (Å²) >= 11 is 3.69. The Kier molecular flexibility index (Phi) is 5.01. The number of halogens is 1. The molecule has 2 rings (SSSR count). The zero-order chi connectivity index (χ0) is 17.1. The van der Waals surface area contributed by atoms with Gasteiger partial charge in [-0.25, -0.2) is 4.79 Å². The number of carbonyl (C=O) groups is 1. The van der Waals surface area contributed by atoms with Crippen LogP contribution in [0.15, 0.2) is 31.2 Å². The van der Waals surface area contributed by atoms with Crippen molar-refractivity contribution < 1.29 is 24.3 Å². The van der Waals surface area contributed by atoms with Crippen LogP contribution in [0, 0.1) is 17.0 Å². The monoisotopic (exact) mass is 401 g/mol. The van der Waals surface area contributed by atoms with E-state index in [4.69, 9.17) is 4.42 Å². The van der Waals surface area contributed by atoms with Crippen LogP contribution in [-0.4, -0.2) is 31.3 Å². The number of rotatable bonds is 5. The van der Waals surface area contributed by atoms with Gasteiger partial charge in [0.15, 0.2) is 0 Å². The van der Waals surface area contributed by atoms with Crippen molar-refractivity contribution in [1.29, 1.82) is 0 Å². The molecule has 1 heterocycles. The molecular formula is C12H8BrN3O6S. The molecule has 0 saturated carbocycles. The number of nitrogens with zero attached hydrogens (tertiary/aromatic N) is 3. The Labute approximate surface area is 141 Å². The molecule has 0 fully saturated rings. The maximum absolute atomic E-state index is 11.3. The van der Waals surface area contributed by atoms with E-state index in [2.05, 4.69) is 26.1 Å². The van der Waals surface area contributed by atoms with Gasteiger partial charge in [0.25, 0.3) is 5.22 Å². The predicted molar refractivity (Wildman–Crippen MR) is 83.0 cm³/mol. The van der Waals surface area contributed by atoms with Crippen LogP contribution in [-0.2, 0) is 4.79 Å². The minimum absolute atomic E-state index is 0.0310. The Bertz CT molecular complexity index is 819. The molecule has 1 aromatic heterocycles. The molecule has 2 N–H and O–H groups in total. The van der Waals surface area contributed by atoms with Crippen molar-refractivity contribution in [3.63, 3.8) is 0 Å². The van der Waals surface area contributed by atoms with Crippen molar-refractivity contribution >= 4 is 45.4 Å². The molecule has 0 unspecified atom stereocenters. The quantitative estimate of drug-likeness (QED) is 0.334. The minimum atomic E-state index is -1.27. The topological polar surface area (TPSA) is 140 Å². The van der Waals surface area contributed by atoms with Gasteiger partial charge in [-0.1, -0.05) is 0 Å². The molecule has 0 bridgehead atoms. The summed E-state index contributed by atoms with van der Waals surface area (Å²) in [6.45, 7) is 1.56. The molecular weight excluding hydrogens is 394 g/mol. The van der Waals surface area contributed by atoms with Crippen molar-refractivity contribution in [3.05, 3.63) is 43.1 Å². The van der Waals surface area contributed by atoms with Gasteiger partial charge in [-0.3, -0.25) is 10.1 Å². The molecule has 1 aromatic carbocycles. The zero-order valence-corrected chi connectivity index (χ0v) is 13.8. The van der Waals surface area contributed by atoms with Crippen LogP contribution in [0.1, 0.15) is 11.5 Å². The molecule has 0 atom stereocenters. The summed E-state index contributed by atoms with van der Waals surface area (Å²) in [4.78, 5) is 21.2. The van der Waals surface area contributed by atoms with E-state index in [1.165, 1.54) is 12.1 Å². The predicted octanol–water partition coefficient (Wildman–Crippen LogP) is 2.97. The van der Waals surface area contributed by atoms with Crippen molar-refractivity contribution in [2.45, 2.75) is 12.1 Å². The normalized spacial score (nSPS) is 11.5. The zero-order valence-electron chi connectivity index (χ0n) is 11.4. The summed E-state index contributed by atoms with van der Waals surface area (Å²) in [5.41, 5.74) is -0.337. The van der Waals surface area contributed by atoms with Crippen LogP contribution in [0.5, 0.6) is 5.75 Å². The van der Waals surface area contributed by atoms with Gasteiger partial charge in [-0.05, 0) is 45.4 Å². The summed E-state index contributed by atoms with van der Waals surface area (Å²) in [5.74, 6) is -1.53. The number of aliphatic carboxylic acids is 1. The number of benzene rings is 1. The molecule has 0 aliphatic carbocycles. The van der Waals surface area contributed by atoms with Crippen molar-refractivity contribution in [3.8, 4) is 5.75 Å². The lowest BCUT2D eigenvalue weighted by atomic mass is 10.1. The van der Waals surface area contributed by atoms with Crippen molar-refractivity contribution in [2.24, 2.45) is 0 Å². The van der Waals surface area contributed by atoms with Crippen LogP contribution in [0.2, 0.25) is 0 Å². The van der Waals surface area contributed by atoms with Crippen molar-refractivity contribution in [1.82, 2.24) is 10.2 Å². The van der Waals surface area contributed by atoms with Gasteiger partial charge in [0.2, 0.25) is 11.6 Å². The number of phenols is 1. The highest BCUT2D eigenvalue weighted by Crippen LogP contribution is 2.36. The molecule has 0 spiro atoms. The fourth-order valence-electron chi connectivity index (χ4n) is 1.53. The minimum Gasteiger partial charge on any atom is -0.501 e. The van der Waals surface area contributed by atoms with Crippen LogP contribution in [0.4, 0.5) is 5.69 Å². The first-order chi connectivity index (χ1) is 10.8. The summed E-state index contributed by atoms with van der Waals surface area (Å²) in [5, 5.41) is 37.0. The van der Waals surface area contributed by atoms with E-state index in [1.54, 1.807) is 6.92 Å². The highest BCUT2D eigenvalue weighted by atomic mass is 79.9. The molecule has 9 nitrogen and oxygen atoms in total. The maximum atomic E-state index is 11.3. The first kappa shape index (κ1) is 17.0. The maximum Gasteiger partial charge on any atom is 0.342 e. The number of nitro benzene ring substituents is 1. The number of aromatic hydroxyl groups is 1. The van der Waals surface area contributed by atoms with E-state index in [0.717, 1.165) is 6.07 Å². The molecule has 2 aromatic rings. The first-order valence-electron chi connectivity index (χ1n) is 5.87. The van der Waals surface area contributed by atoms with Gasteiger partial charge < -0.3 is 14.6 Å². The van der Waals surface area contributed by atoms with Gasteiger partial charge in [0.05, 0.1) is 9.40 Å². The summed E-state index contributed by atoms with van der Waals surface area (Å²) in [6, 6.07) is 2.41. The highest BCUT2D eigenvalue weighted by Gasteiger charge is 2.19. The van der Waals surface area contributed by atoms with Crippen LogP contribution in [0.25, 0.3) is 6.08 Å². The summed E-state index contributed by atoms with van der Waals surface area (Å²) < 4.78 is 5.16. The molecule has 0 aliphatic heterocycles. The van der Waals surface area contributed by atoms with E-state index < -0.39 is 22.3 Å². The average Bonchev–Trinajstić information content (AvgIpc) is 2.86. The van der Waals surface area contributed by atoms with Gasteiger partial charge in [0, 0.05) is 13.0 Å². The van der Waals surface area contributed by atoms with Crippen LogP contribution in [0.3, 0.4) is 0 Å². The number of hydrogen-bond acceptors (Lipinski definition) is 8. The first-order valence-corrected chi connectivity index (χ1v) is 7.48. The highest BCUT2D eigenvalue weighted by molar-refractivity contribution is 9.10. The van der Waals surface area contributed by atoms with Gasteiger partial charge >= 0.3 is 11.7 Å². The third kappa shape index (κ3) is 4.07. The Morgan fingerprint density at radius 2 is 2.17 bits per heavy atom. The number of carboxylic acid groups (broad SMARTS) is 1. The number of carboxylic acids is 1. The number of aromatic nitrogens is 2. The van der Waals surface area contributed by atoms with Crippen molar-refractivity contribution in [2.75, 3.05) is 0 Å². The molecule has 0 saturated heterocycles. The summed E-state index contributed by atoms with van der Waals surface area (Å²) in [6.07, 6.45) is 1.20. The van der Waals surface area contributed by atoms with Gasteiger partial charge in [-0.15, -0.1) is 10.2 Å². The molecule has 0 amide bonds. The molecule has 120 valence electrons. The number of thioether (sulfide) groups is 1. The molecule has 23 heavy (non-hydrogen) atoms. The Morgan fingerprint density at radius 3 is 2.70 bits per heavy atom. The number of aryl methyl sites for hydroxylation is 1. The Morgan fingerprint density at radius 1 is 1.48 bits per heavy atom. The van der Waals surface area contributed by atoms with Gasteiger partial charge in [0.1, 0.15) is 4.91 Å². The van der Waals surface area contributed by atoms with E-state index >= 15 is 0 Å². The van der Waals surface area contributed by atoms with E-state index in [-0.39, 0.29) is 26.1 Å². The Hall–Kier alpha value is -2.40. The smallest absolute Gasteiger partial charge is 0.342 e. The lowest BCUT2D eigenvalue weighted by Gasteiger charge is -2.03. The van der Waals surface area contributed by atoms with E-state index in [9.17, 15) is 25.1 Å². The number of phenolic OH excluding ortho intramolecular Hbond substituents is 1. The standard InChI is InChI=1S/C12H8BrN3O6S/c1-5-14-15-12(22-5)23-9(11(18)19)4-6-2-7(13)10(17)8(3-6)16(20)21/h2-4,17H,1H3,(H,18,19)/b9-4-.